The molecule has 3 aromatic rings. The minimum atomic E-state index is -0.614. The molecule has 1 amide bonds. The number of carbonyl (C=O) groups is 3. The highest BCUT2D eigenvalue weighted by Gasteiger charge is 2.18. The van der Waals surface area contributed by atoms with E-state index in [1.807, 2.05) is 0 Å². The molecule has 1 aromatic heterocycles. The second-order valence-electron chi connectivity index (χ2n) is 4.80. The van der Waals surface area contributed by atoms with E-state index < -0.39 is 11.6 Å². The zero-order chi connectivity index (χ0) is 16.9. The number of carbonyl (C=O) groups excluding carboxylic acids is 3. The van der Waals surface area contributed by atoms with E-state index in [1.54, 1.807) is 30.3 Å². The summed E-state index contributed by atoms with van der Waals surface area (Å²) < 4.78 is 0. The monoisotopic (exact) mass is 337 g/mol. The molecule has 1 N–H and O–H groups in total. The number of ketones is 2. The normalized spacial score (nSPS) is 10.2. The average molecular weight is 337 g/mol. The topological polar surface area (TPSA) is 89.0 Å². The smallest absolute Gasteiger partial charge is 0.257 e. The van der Waals surface area contributed by atoms with Crippen LogP contribution in [0.4, 0.5) is 5.13 Å². The fraction of sp³-hybridized carbons (Fsp3) is 0. The van der Waals surface area contributed by atoms with Gasteiger partial charge in [-0.3, -0.25) is 19.7 Å². The van der Waals surface area contributed by atoms with Gasteiger partial charge in [-0.05, 0) is 12.1 Å². The molecule has 0 bridgehead atoms. The zero-order valence-electron chi connectivity index (χ0n) is 12.3. The lowest BCUT2D eigenvalue weighted by Crippen LogP contribution is -2.15. The fourth-order valence-electron chi connectivity index (χ4n) is 2.02. The molecule has 0 spiro atoms. The average Bonchev–Trinajstić information content (AvgIpc) is 3.14. The van der Waals surface area contributed by atoms with Gasteiger partial charge in [-0.1, -0.05) is 53.8 Å². The standard InChI is InChI=1S/C17H11N3O3S/c21-14(11-4-2-1-3-5-11)15(22)12-6-8-13(9-7-12)16(23)19-17-20-18-10-24-17/h1-10H,(H,19,20,23). The Morgan fingerprint density at radius 2 is 1.38 bits per heavy atom. The molecule has 2 aromatic carbocycles. The summed E-state index contributed by atoms with van der Waals surface area (Å²) in [5.74, 6) is -1.56. The van der Waals surface area contributed by atoms with Crippen LogP contribution in [-0.2, 0) is 0 Å². The number of nitrogens with zero attached hydrogens (tertiary/aromatic N) is 2. The molecule has 0 aliphatic rings. The van der Waals surface area contributed by atoms with Crippen molar-refractivity contribution in [3.05, 3.63) is 76.8 Å². The number of hydrogen-bond acceptors (Lipinski definition) is 6. The van der Waals surface area contributed by atoms with E-state index in [1.165, 1.54) is 41.1 Å². The SMILES string of the molecule is O=C(Nc1nncs1)c1ccc(C(=O)C(=O)c2ccccc2)cc1. The maximum Gasteiger partial charge on any atom is 0.257 e. The van der Waals surface area contributed by atoms with Crippen molar-refractivity contribution in [1.29, 1.82) is 0 Å². The second kappa shape index (κ2) is 6.93. The molecule has 0 aliphatic carbocycles. The van der Waals surface area contributed by atoms with Crippen LogP contribution in [0, 0.1) is 0 Å². The van der Waals surface area contributed by atoms with Gasteiger partial charge in [0.05, 0.1) is 0 Å². The third kappa shape index (κ3) is 3.41. The molecular weight excluding hydrogens is 326 g/mol. The molecular formula is C17H11N3O3S. The number of rotatable bonds is 5. The lowest BCUT2D eigenvalue weighted by atomic mass is 10.0. The van der Waals surface area contributed by atoms with Crippen LogP contribution in [0.25, 0.3) is 0 Å². The van der Waals surface area contributed by atoms with E-state index in [0.717, 1.165) is 0 Å². The van der Waals surface area contributed by atoms with Crippen molar-refractivity contribution in [3.63, 3.8) is 0 Å². The predicted molar refractivity (Wildman–Crippen MR) is 89.4 cm³/mol. The Hall–Kier alpha value is -3.19. The minimum Gasteiger partial charge on any atom is -0.296 e. The predicted octanol–water partition coefficient (Wildman–Crippen LogP) is 2.86. The number of anilines is 1. The molecule has 0 atom stereocenters. The Balaban J connectivity index is 1.73. The van der Waals surface area contributed by atoms with Crippen LogP contribution in [0.3, 0.4) is 0 Å². The van der Waals surface area contributed by atoms with E-state index in [4.69, 9.17) is 0 Å². The maximum absolute atomic E-state index is 12.2. The quantitative estimate of drug-likeness (QED) is 0.571. The van der Waals surface area contributed by atoms with Crippen molar-refractivity contribution in [2.24, 2.45) is 0 Å². The first-order chi connectivity index (χ1) is 11.6. The molecule has 0 saturated heterocycles. The van der Waals surface area contributed by atoms with Gasteiger partial charge in [0.15, 0.2) is 0 Å². The van der Waals surface area contributed by atoms with E-state index in [2.05, 4.69) is 15.5 Å². The van der Waals surface area contributed by atoms with Crippen LogP contribution in [0.1, 0.15) is 31.1 Å². The molecule has 6 nitrogen and oxygen atoms in total. The minimum absolute atomic E-state index is 0.233. The van der Waals surface area contributed by atoms with E-state index >= 15 is 0 Å². The first kappa shape index (κ1) is 15.7. The number of amides is 1. The summed E-state index contributed by atoms with van der Waals surface area (Å²) in [5, 5.41) is 10.3. The van der Waals surface area contributed by atoms with Crippen molar-refractivity contribution < 1.29 is 14.4 Å². The molecule has 7 heteroatoms. The molecule has 0 aliphatic heterocycles. The zero-order valence-corrected chi connectivity index (χ0v) is 13.1. The number of benzene rings is 2. The van der Waals surface area contributed by atoms with Gasteiger partial charge in [0.2, 0.25) is 16.7 Å². The fourth-order valence-corrected chi connectivity index (χ4v) is 2.46. The van der Waals surface area contributed by atoms with Gasteiger partial charge in [0.1, 0.15) is 5.51 Å². The van der Waals surface area contributed by atoms with Gasteiger partial charge in [0, 0.05) is 16.7 Å². The highest BCUT2D eigenvalue weighted by molar-refractivity contribution is 7.13. The highest BCUT2D eigenvalue weighted by atomic mass is 32.1. The molecule has 0 fully saturated rings. The Morgan fingerprint density at radius 1 is 0.792 bits per heavy atom. The third-order valence-corrected chi connectivity index (χ3v) is 3.84. The molecule has 24 heavy (non-hydrogen) atoms. The van der Waals surface area contributed by atoms with Crippen LogP contribution in [0.2, 0.25) is 0 Å². The summed E-state index contributed by atoms with van der Waals surface area (Å²) in [5.41, 5.74) is 2.43. The van der Waals surface area contributed by atoms with Gasteiger partial charge in [-0.25, -0.2) is 0 Å². The number of nitrogens with one attached hydrogen (secondary N) is 1. The van der Waals surface area contributed by atoms with E-state index in [9.17, 15) is 14.4 Å². The summed E-state index contributed by atoms with van der Waals surface area (Å²) in [6, 6.07) is 14.2. The van der Waals surface area contributed by atoms with Crippen molar-refractivity contribution in [2.45, 2.75) is 0 Å². The van der Waals surface area contributed by atoms with Crippen molar-refractivity contribution in [1.82, 2.24) is 10.2 Å². The summed E-state index contributed by atoms with van der Waals surface area (Å²) in [4.78, 5) is 36.4. The molecule has 3 rings (SSSR count). The summed E-state index contributed by atoms with van der Waals surface area (Å²) >= 11 is 1.20. The van der Waals surface area contributed by atoms with Crippen molar-refractivity contribution in [3.8, 4) is 0 Å². The molecule has 1 heterocycles. The molecule has 0 radical (unpaired) electrons. The lowest BCUT2D eigenvalue weighted by molar-refractivity contribution is 0.0817. The Morgan fingerprint density at radius 3 is 1.96 bits per heavy atom. The summed E-state index contributed by atoms with van der Waals surface area (Å²) in [6.45, 7) is 0. The molecule has 118 valence electrons. The number of aromatic nitrogens is 2. The number of Topliss-reactive ketones (excluding diaryl/α,β-unsaturated/α-hetero) is 2. The van der Waals surface area contributed by atoms with Crippen LogP contribution in [0.15, 0.2) is 60.1 Å². The van der Waals surface area contributed by atoms with Crippen molar-refractivity contribution in [2.75, 3.05) is 5.32 Å². The summed E-state index contributed by atoms with van der Waals surface area (Å²) in [7, 11) is 0. The Labute approximate surface area is 141 Å². The third-order valence-electron chi connectivity index (χ3n) is 3.23. The second-order valence-corrected chi connectivity index (χ2v) is 5.63. The first-order valence-electron chi connectivity index (χ1n) is 6.97. The van der Waals surface area contributed by atoms with Gasteiger partial charge >= 0.3 is 0 Å². The lowest BCUT2D eigenvalue weighted by Gasteiger charge is -2.03. The van der Waals surface area contributed by atoms with Crippen LogP contribution in [-0.4, -0.2) is 27.7 Å². The van der Waals surface area contributed by atoms with Gasteiger partial charge in [0.25, 0.3) is 5.91 Å². The summed E-state index contributed by atoms with van der Waals surface area (Å²) in [6.07, 6.45) is 0. The van der Waals surface area contributed by atoms with Crippen LogP contribution >= 0.6 is 11.3 Å². The maximum atomic E-state index is 12.2. The van der Waals surface area contributed by atoms with Crippen molar-refractivity contribution >= 4 is 33.9 Å². The largest absolute Gasteiger partial charge is 0.296 e. The van der Waals surface area contributed by atoms with E-state index in [0.29, 0.717) is 16.3 Å². The Bertz CT molecular complexity index is 875. The van der Waals surface area contributed by atoms with Gasteiger partial charge < -0.3 is 0 Å². The van der Waals surface area contributed by atoms with Crippen LogP contribution < -0.4 is 5.32 Å². The highest BCUT2D eigenvalue weighted by Crippen LogP contribution is 2.13. The first-order valence-corrected chi connectivity index (χ1v) is 7.85. The van der Waals surface area contributed by atoms with Gasteiger partial charge in [-0.2, -0.15) is 0 Å². The molecule has 0 unspecified atom stereocenters. The van der Waals surface area contributed by atoms with Gasteiger partial charge in [-0.15, -0.1) is 10.2 Å². The van der Waals surface area contributed by atoms with Crippen LogP contribution in [0.5, 0.6) is 0 Å². The Kier molecular flexibility index (Phi) is 4.53. The number of hydrogen-bond donors (Lipinski definition) is 1. The molecule has 0 saturated carbocycles. The van der Waals surface area contributed by atoms with E-state index in [-0.39, 0.29) is 11.5 Å².